The van der Waals surface area contributed by atoms with Crippen LogP contribution in [0, 0.1) is 0 Å². The number of carboxylic acids is 2. The Kier molecular flexibility index (Phi) is 11.4. The first-order chi connectivity index (χ1) is 18.8. The van der Waals surface area contributed by atoms with Gasteiger partial charge in [0.1, 0.15) is 5.75 Å². The van der Waals surface area contributed by atoms with Gasteiger partial charge in [0.15, 0.2) is 0 Å². The molecule has 0 amide bonds. The first-order valence-electron chi connectivity index (χ1n) is 11.9. The van der Waals surface area contributed by atoms with Crippen LogP contribution >= 0.6 is 0 Å². The van der Waals surface area contributed by atoms with Crippen LogP contribution < -0.4 is 14.4 Å². The Bertz CT molecular complexity index is 1380. The summed E-state index contributed by atoms with van der Waals surface area (Å²) < 4.78 is 64.8. The lowest BCUT2D eigenvalue weighted by Crippen LogP contribution is -2.26. The topological polar surface area (TPSA) is 133 Å². The number of carboxylic acid groups (broad SMARTS) is 2. The lowest BCUT2D eigenvalue weighted by molar-refractivity contribution is -0.192. The number of hydrogen-bond donors (Lipinski definition) is 3. The average molecular weight is 583 g/mol. The third-order valence-electron chi connectivity index (χ3n) is 5.43. The van der Waals surface area contributed by atoms with Crippen LogP contribution in [0.4, 0.5) is 24.5 Å². The Balaban J connectivity index is 0.000000708. The number of methoxy groups -OCH3 is 1. The molecule has 216 valence electrons. The molecule has 13 heteroatoms. The van der Waals surface area contributed by atoms with Crippen molar-refractivity contribution in [3.05, 3.63) is 83.9 Å². The summed E-state index contributed by atoms with van der Waals surface area (Å²) in [7, 11) is -2.39. The van der Waals surface area contributed by atoms with E-state index in [2.05, 4.69) is 11.6 Å². The van der Waals surface area contributed by atoms with E-state index >= 15 is 0 Å². The highest BCUT2D eigenvalue weighted by molar-refractivity contribution is 7.92. The van der Waals surface area contributed by atoms with Gasteiger partial charge in [0.2, 0.25) is 0 Å². The van der Waals surface area contributed by atoms with Crippen molar-refractivity contribution in [3.63, 3.8) is 0 Å². The van der Waals surface area contributed by atoms with Crippen LogP contribution in [0.5, 0.6) is 5.75 Å². The minimum Gasteiger partial charge on any atom is -0.497 e. The van der Waals surface area contributed by atoms with Crippen molar-refractivity contribution < 1.29 is 46.1 Å². The van der Waals surface area contributed by atoms with Gasteiger partial charge in [-0.3, -0.25) is 4.72 Å². The van der Waals surface area contributed by atoms with Crippen LogP contribution in [0.3, 0.4) is 0 Å². The van der Waals surface area contributed by atoms with Crippen molar-refractivity contribution in [2.75, 3.05) is 23.3 Å². The van der Waals surface area contributed by atoms with E-state index in [1.165, 1.54) is 25.3 Å². The van der Waals surface area contributed by atoms with Crippen molar-refractivity contribution in [1.29, 1.82) is 0 Å². The number of sulfonamides is 1. The van der Waals surface area contributed by atoms with E-state index in [4.69, 9.17) is 14.6 Å². The molecule has 3 rings (SSSR count). The number of rotatable bonds is 11. The molecular weight excluding hydrogens is 553 g/mol. The number of halogens is 3. The van der Waals surface area contributed by atoms with E-state index in [0.29, 0.717) is 24.5 Å². The number of aromatic carboxylic acids is 1. The predicted octanol–water partition coefficient (Wildman–Crippen LogP) is 5.63. The molecule has 0 aromatic heterocycles. The normalized spacial score (nSPS) is 11.1. The molecule has 0 bridgehead atoms. The van der Waals surface area contributed by atoms with Crippen LogP contribution in [0.2, 0.25) is 0 Å². The first kappa shape index (κ1) is 32.0. The van der Waals surface area contributed by atoms with Crippen molar-refractivity contribution in [1.82, 2.24) is 0 Å². The Morgan fingerprint density at radius 2 is 1.57 bits per heavy atom. The molecule has 0 radical (unpaired) electrons. The van der Waals surface area contributed by atoms with Gasteiger partial charge in [-0.05, 0) is 54.4 Å². The molecule has 3 aromatic carbocycles. The van der Waals surface area contributed by atoms with Gasteiger partial charge in [0.25, 0.3) is 10.0 Å². The van der Waals surface area contributed by atoms with Gasteiger partial charge < -0.3 is 19.8 Å². The largest absolute Gasteiger partial charge is 0.497 e. The molecule has 3 aromatic rings. The lowest BCUT2D eigenvalue weighted by Gasteiger charge is -2.27. The molecule has 0 unspecified atom stereocenters. The van der Waals surface area contributed by atoms with Crippen molar-refractivity contribution in [2.45, 2.75) is 37.4 Å². The number of nitrogens with zero attached hydrogens (tertiary/aromatic N) is 1. The maximum absolute atomic E-state index is 12.8. The average Bonchev–Trinajstić information content (AvgIpc) is 2.91. The fourth-order valence-electron chi connectivity index (χ4n) is 3.45. The second-order valence-electron chi connectivity index (χ2n) is 8.38. The van der Waals surface area contributed by atoms with Gasteiger partial charge in [-0.2, -0.15) is 13.2 Å². The summed E-state index contributed by atoms with van der Waals surface area (Å²) in [4.78, 5) is 23.1. The Morgan fingerprint density at radius 3 is 2.08 bits per heavy atom. The van der Waals surface area contributed by atoms with Crippen LogP contribution in [0.25, 0.3) is 0 Å². The van der Waals surface area contributed by atoms with Gasteiger partial charge in [-0.1, -0.05) is 43.7 Å². The summed E-state index contributed by atoms with van der Waals surface area (Å²) in [5, 5.41) is 17.0. The molecule has 0 heterocycles. The number of anilines is 2. The molecular formula is C27H29F3N2O7S. The molecule has 0 saturated carbocycles. The number of carbonyl (C=O) groups is 2. The molecule has 0 spiro atoms. The summed E-state index contributed by atoms with van der Waals surface area (Å²) >= 11 is 0. The van der Waals surface area contributed by atoms with Crippen molar-refractivity contribution in [3.8, 4) is 5.75 Å². The highest BCUT2D eigenvalue weighted by atomic mass is 32.2. The minimum atomic E-state index is -5.08. The minimum absolute atomic E-state index is 0.0389. The zero-order valence-corrected chi connectivity index (χ0v) is 22.5. The number of hydrogen-bond acceptors (Lipinski definition) is 6. The quantitative estimate of drug-likeness (QED) is 0.265. The molecule has 3 N–H and O–H groups in total. The van der Waals surface area contributed by atoms with Crippen LogP contribution in [-0.4, -0.2) is 50.4 Å². The molecule has 9 nitrogen and oxygen atoms in total. The first-order valence-corrected chi connectivity index (χ1v) is 13.4. The lowest BCUT2D eigenvalue weighted by atomic mass is 10.1. The molecule has 0 aliphatic rings. The third-order valence-corrected chi connectivity index (χ3v) is 6.83. The molecule has 40 heavy (non-hydrogen) atoms. The van der Waals surface area contributed by atoms with Gasteiger partial charge in [-0.15, -0.1) is 0 Å². The van der Waals surface area contributed by atoms with Crippen LogP contribution in [-0.2, 0) is 21.4 Å². The smallest absolute Gasteiger partial charge is 0.490 e. The van der Waals surface area contributed by atoms with E-state index < -0.39 is 28.1 Å². The maximum Gasteiger partial charge on any atom is 0.490 e. The van der Waals surface area contributed by atoms with E-state index in [9.17, 15) is 31.5 Å². The number of unbranched alkanes of at least 4 members (excludes halogenated alkanes) is 1. The van der Waals surface area contributed by atoms with E-state index in [0.717, 1.165) is 18.4 Å². The summed E-state index contributed by atoms with van der Waals surface area (Å²) in [6.07, 6.45) is -3.22. The summed E-state index contributed by atoms with van der Waals surface area (Å²) in [5.74, 6) is -3.34. The van der Waals surface area contributed by atoms with Crippen LogP contribution in [0.1, 0.15) is 35.7 Å². The number of nitrogens with one attached hydrogen (secondary N) is 1. The molecule has 0 saturated heterocycles. The van der Waals surface area contributed by atoms with Gasteiger partial charge in [0.05, 0.1) is 23.3 Å². The standard InChI is InChI=1S/C25H28N2O5S.C2HF3O2/c1-3-4-16-27(18-19-8-6-5-7-9-19)24-15-10-20(17-23(24)25(28)29)26-33(30,31)22-13-11-21(32-2)12-14-22;3-2(4,5)1(6)7/h5-15,17,26H,3-4,16,18H2,1-2H3,(H,28,29);(H,6,7). The second kappa shape index (κ2) is 14.2. The number of ether oxygens (including phenoxy) is 1. The van der Waals surface area contributed by atoms with Crippen molar-refractivity contribution >= 4 is 33.3 Å². The Labute approximate surface area is 229 Å². The SMILES string of the molecule is CCCCN(Cc1ccccc1)c1ccc(NS(=O)(=O)c2ccc(OC)cc2)cc1C(=O)O.O=C(O)C(F)(F)F. The number of aliphatic carboxylic acids is 1. The number of alkyl halides is 3. The molecule has 0 fully saturated rings. The zero-order valence-electron chi connectivity index (χ0n) is 21.7. The monoisotopic (exact) mass is 582 g/mol. The van der Waals surface area contributed by atoms with Gasteiger partial charge >= 0.3 is 18.1 Å². The highest BCUT2D eigenvalue weighted by Crippen LogP contribution is 2.28. The second-order valence-corrected chi connectivity index (χ2v) is 10.1. The fraction of sp³-hybridized carbons (Fsp3) is 0.259. The summed E-state index contributed by atoms with van der Waals surface area (Å²) in [5.41, 5.74) is 1.83. The Hall–Kier alpha value is -4.26. The summed E-state index contributed by atoms with van der Waals surface area (Å²) in [6, 6.07) is 20.4. The predicted molar refractivity (Wildman–Crippen MR) is 143 cm³/mol. The molecule has 0 atom stereocenters. The molecule has 0 aliphatic heterocycles. The summed E-state index contributed by atoms with van der Waals surface area (Å²) in [6.45, 7) is 3.32. The van der Waals surface area contributed by atoms with E-state index in [1.54, 1.807) is 24.3 Å². The van der Waals surface area contributed by atoms with Gasteiger partial charge in [-0.25, -0.2) is 18.0 Å². The zero-order chi connectivity index (χ0) is 29.9. The van der Waals surface area contributed by atoms with Gasteiger partial charge in [0, 0.05) is 18.8 Å². The third kappa shape index (κ3) is 9.49. The van der Waals surface area contributed by atoms with Crippen LogP contribution in [0.15, 0.2) is 77.7 Å². The van der Waals surface area contributed by atoms with Crippen molar-refractivity contribution in [2.24, 2.45) is 0 Å². The number of benzene rings is 3. The molecule has 0 aliphatic carbocycles. The highest BCUT2D eigenvalue weighted by Gasteiger charge is 2.38. The van der Waals surface area contributed by atoms with E-state index in [1.807, 2.05) is 35.2 Å². The fourth-order valence-corrected chi connectivity index (χ4v) is 4.50. The van der Waals surface area contributed by atoms with E-state index in [-0.39, 0.29) is 16.1 Å². The Morgan fingerprint density at radius 1 is 0.975 bits per heavy atom. The maximum atomic E-state index is 12.8.